The van der Waals surface area contributed by atoms with Gasteiger partial charge in [0.05, 0.1) is 29.6 Å². The first-order valence-corrected chi connectivity index (χ1v) is 5.60. The molecule has 0 bridgehead atoms. The van der Waals surface area contributed by atoms with E-state index in [1.807, 2.05) is 13.8 Å². The number of pyridine rings is 1. The number of urea groups is 1. The van der Waals surface area contributed by atoms with Crippen molar-refractivity contribution in [1.82, 2.24) is 10.3 Å². The highest BCUT2D eigenvalue weighted by Gasteiger charge is 2.20. The topological polar surface area (TPSA) is 101 Å². The van der Waals surface area contributed by atoms with E-state index < -0.39 is 17.5 Å². The maximum Gasteiger partial charge on any atom is 0.337 e. The van der Waals surface area contributed by atoms with Crippen molar-refractivity contribution in [3.8, 4) is 0 Å². The van der Waals surface area contributed by atoms with E-state index in [9.17, 15) is 9.59 Å². The lowest BCUT2D eigenvalue weighted by molar-refractivity contribution is 0.0696. The summed E-state index contributed by atoms with van der Waals surface area (Å²) in [5.74, 6) is -1.10. The molecule has 0 saturated carbocycles. The number of aromatic nitrogens is 1. The summed E-state index contributed by atoms with van der Waals surface area (Å²) in [6.45, 7) is 3.97. The number of carbonyl (C=O) groups is 2. The molecule has 7 heteroatoms. The number of ether oxygens (including phenoxy) is 1. The minimum atomic E-state index is -1.10. The fraction of sp³-hybridized carbons (Fsp3) is 0.417. The molecule has 2 amide bonds. The molecule has 1 rings (SSSR count). The second-order valence-electron chi connectivity index (χ2n) is 4.66. The van der Waals surface area contributed by atoms with Crippen molar-refractivity contribution in [3.05, 3.63) is 24.0 Å². The van der Waals surface area contributed by atoms with Crippen molar-refractivity contribution in [3.63, 3.8) is 0 Å². The minimum Gasteiger partial charge on any atom is -0.478 e. The third-order valence-electron chi connectivity index (χ3n) is 2.20. The summed E-state index contributed by atoms with van der Waals surface area (Å²) in [6, 6.07) is 0.879. The number of carboxylic acids is 1. The molecule has 0 saturated heterocycles. The van der Waals surface area contributed by atoms with Crippen molar-refractivity contribution < 1.29 is 19.4 Å². The molecule has 19 heavy (non-hydrogen) atoms. The van der Waals surface area contributed by atoms with Crippen LogP contribution < -0.4 is 10.6 Å². The largest absolute Gasteiger partial charge is 0.478 e. The van der Waals surface area contributed by atoms with E-state index in [1.165, 1.54) is 18.5 Å². The smallest absolute Gasteiger partial charge is 0.337 e. The molecule has 7 nitrogen and oxygen atoms in total. The average molecular weight is 267 g/mol. The Morgan fingerprint density at radius 2 is 2.11 bits per heavy atom. The summed E-state index contributed by atoms with van der Waals surface area (Å²) in [5.41, 5.74) is -0.212. The molecule has 0 aromatic carbocycles. The van der Waals surface area contributed by atoms with Crippen LogP contribution in [0.1, 0.15) is 24.2 Å². The van der Waals surface area contributed by atoms with Gasteiger partial charge < -0.3 is 20.5 Å². The maximum absolute atomic E-state index is 11.7. The lowest BCUT2D eigenvalue weighted by Crippen LogP contribution is -2.48. The molecule has 1 aromatic heterocycles. The van der Waals surface area contributed by atoms with Gasteiger partial charge >= 0.3 is 12.0 Å². The van der Waals surface area contributed by atoms with Crippen molar-refractivity contribution in [2.75, 3.05) is 19.0 Å². The average Bonchev–Trinajstić information content (AvgIpc) is 2.27. The van der Waals surface area contributed by atoms with Crippen LogP contribution in [0.15, 0.2) is 18.5 Å². The highest BCUT2D eigenvalue weighted by Crippen LogP contribution is 2.09. The number of amides is 2. The van der Waals surface area contributed by atoms with E-state index in [2.05, 4.69) is 15.6 Å². The molecule has 0 atom stereocenters. The third-order valence-corrected chi connectivity index (χ3v) is 2.20. The molecule has 0 spiro atoms. The number of aromatic carboxylic acids is 1. The SMILES string of the molecule is COCC(C)(C)NC(=O)Nc1cncc(C(=O)O)c1. The zero-order chi connectivity index (χ0) is 14.5. The number of anilines is 1. The van der Waals surface area contributed by atoms with Gasteiger partial charge in [-0.15, -0.1) is 0 Å². The second-order valence-corrected chi connectivity index (χ2v) is 4.66. The molecule has 1 aromatic rings. The molecule has 3 N–H and O–H groups in total. The number of nitrogens with one attached hydrogen (secondary N) is 2. The van der Waals surface area contributed by atoms with E-state index in [4.69, 9.17) is 9.84 Å². The van der Waals surface area contributed by atoms with Crippen LogP contribution in [0.3, 0.4) is 0 Å². The molecule has 0 fully saturated rings. The molecule has 1 heterocycles. The van der Waals surface area contributed by atoms with Gasteiger partial charge in [0.1, 0.15) is 0 Å². The Hall–Kier alpha value is -2.15. The molecule has 0 aliphatic heterocycles. The van der Waals surface area contributed by atoms with Gasteiger partial charge in [-0.1, -0.05) is 0 Å². The van der Waals surface area contributed by atoms with E-state index in [-0.39, 0.29) is 5.56 Å². The van der Waals surface area contributed by atoms with E-state index in [1.54, 1.807) is 7.11 Å². The predicted octanol–water partition coefficient (Wildman–Crippen LogP) is 1.33. The van der Waals surface area contributed by atoms with E-state index in [0.29, 0.717) is 12.3 Å². The van der Waals surface area contributed by atoms with E-state index >= 15 is 0 Å². The number of carbonyl (C=O) groups excluding carboxylic acids is 1. The molecular weight excluding hydrogens is 250 g/mol. The molecule has 0 unspecified atom stereocenters. The van der Waals surface area contributed by atoms with E-state index in [0.717, 1.165) is 0 Å². The van der Waals surface area contributed by atoms with Crippen LogP contribution in [-0.4, -0.2) is 41.3 Å². The van der Waals surface area contributed by atoms with Crippen LogP contribution >= 0.6 is 0 Å². The number of carboxylic acid groups (broad SMARTS) is 1. The molecule has 0 radical (unpaired) electrons. The fourth-order valence-electron chi connectivity index (χ4n) is 1.49. The van der Waals surface area contributed by atoms with Crippen LogP contribution in [0, 0.1) is 0 Å². The summed E-state index contributed by atoms with van der Waals surface area (Å²) < 4.78 is 4.98. The quantitative estimate of drug-likeness (QED) is 0.747. The molecular formula is C12H17N3O4. The lowest BCUT2D eigenvalue weighted by Gasteiger charge is -2.25. The van der Waals surface area contributed by atoms with Gasteiger partial charge in [0, 0.05) is 13.3 Å². The normalized spacial score (nSPS) is 10.9. The van der Waals surface area contributed by atoms with Gasteiger partial charge in [0.25, 0.3) is 0 Å². The standard InChI is InChI=1S/C12H17N3O4/c1-12(2,7-19-3)15-11(18)14-9-4-8(10(16)17)5-13-6-9/h4-6H,7H2,1-3H3,(H,16,17)(H2,14,15,18). The maximum atomic E-state index is 11.7. The molecule has 0 aliphatic rings. The van der Waals surface area contributed by atoms with Crippen LogP contribution in [0.25, 0.3) is 0 Å². The number of rotatable bonds is 5. The Balaban J connectivity index is 2.67. The van der Waals surface area contributed by atoms with Crippen LogP contribution in [0.4, 0.5) is 10.5 Å². The Morgan fingerprint density at radius 3 is 2.68 bits per heavy atom. The summed E-state index contributed by atoms with van der Waals surface area (Å²) in [5, 5.41) is 14.0. The highest BCUT2D eigenvalue weighted by atomic mass is 16.5. The van der Waals surface area contributed by atoms with Gasteiger partial charge in [-0.2, -0.15) is 0 Å². The zero-order valence-corrected chi connectivity index (χ0v) is 11.1. The Labute approximate surface area is 111 Å². The van der Waals surface area contributed by atoms with Crippen LogP contribution in [-0.2, 0) is 4.74 Å². The number of methoxy groups -OCH3 is 1. The lowest BCUT2D eigenvalue weighted by atomic mass is 10.1. The van der Waals surface area contributed by atoms with Crippen molar-refractivity contribution in [1.29, 1.82) is 0 Å². The first kappa shape index (κ1) is 14.9. The number of hydrogen-bond acceptors (Lipinski definition) is 4. The minimum absolute atomic E-state index is 0.00829. The van der Waals surface area contributed by atoms with Crippen LogP contribution in [0.5, 0.6) is 0 Å². The Kier molecular flexibility index (Phi) is 4.82. The van der Waals surface area contributed by atoms with Gasteiger partial charge in [0.15, 0.2) is 0 Å². The zero-order valence-electron chi connectivity index (χ0n) is 11.1. The van der Waals surface area contributed by atoms with Gasteiger partial charge in [-0.25, -0.2) is 9.59 Å². The number of hydrogen-bond donors (Lipinski definition) is 3. The highest BCUT2D eigenvalue weighted by molar-refractivity contribution is 5.92. The first-order chi connectivity index (χ1) is 8.84. The number of nitrogens with zero attached hydrogens (tertiary/aromatic N) is 1. The van der Waals surface area contributed by atoms with Gasteiger partial charge in [-0.3, -0.25) is 4.98 Å². The molecule has 104 valence electrons. The summed E-state index contributed by atoms with van der Waals surface area (Å²) in [4.78, 5) is 26.2. The summed E-state index contributed by atoms with van der Waals surface area (Å²) in [7, 11) is 1.54. The summed E-state index contributed by atoms with van der Waals surface area (Å²) >= 11 is 0. The second kappa shape index (κ2) is 6.14. The first-order valence-electron chi connectivity index (χ1n) is 5.60. The summed E-state index contributed by atoms with van der Waals surface area (Å²) in [6.07, 6.45) is 2.58. The van der Waals surface area contributed by atoms with Crippen molar-refractivity contribution in [2.24, 2.45) is 0 Å². The molecule has 0 aliphatic carbocycles. The fourth-order valence-corrected chi connectivity index (χ4v) is 1.49. The van der Waals surface area contributed by atoms with Gasteiger partial charge in [-0.05, 0) is 19.9 Å². The van der Waals surface area contributed by atoms with Gasteiger partial charge in [0.2, 0.25) is 0 Å². The van der Waals surface area contributed by atoms with Crippen molar-refractivity contribution >= 4 is 17.7 Å². The predicted molar refractivity (Wildman–Crippen MR) is 69.3 cm³/mol. The Bertz CT molecular complexity index is 474. The van der Waals surface area contributed by atoms with Crippen molar-refractivity contribution in [2.45, 2.75) is 19.4 Å². The third kappa shape index (κ3) is 4.92. The Morgan fingerprint density at radius 1 is 1.42 bits per heavy atom. The van der Waals surface area contributed by atoms with Crippen LogP contribution in [0.2, 0.25) is 0 Å². The monoisotopic (exact) mass is 267 g/mol.